The van der Waals surface area contributed by atoms with Gasteiger partial charge in [0.05, 0.1) is 10.9 Å². The van der Waals surface area contributed by atoms with E-state index in [-0.39, 0.29) is 5.56 Å². The van der Waals surface area contributed by atoms with E-state index in [4.69, 9.17) is 27.9 Å². The predicted octanol–water partition coefficient (Wildman–Crippen LogP) is 4.68. The van der Waals surface area contributed by atoms with Crippen LogP contribution in [0.4, 0.5) is 0 Å². The van der Waals surface area contributed by atoms with Crippen molar-refractivity contribution >= 4 is 51.6 Å². The highest BCUT2D eigenvalue weighted by Crippen LogP contribution is 2.29. The number of methoxy groups -OCH3 is 1. The van der Waals surface area contributed by atoms with Crippen molar-refractivity contribution in [2.24, 2.45) is 0 Å². The van der Waals surface area contributed by atoms with Crippen molar-refractivity contribution in [3.05, 3.63) is 68.4 Å². The van der Waals surface area contributed by atoms with Crippen LogP contribution < -0.4 is 5.56 Å². The molecule has 0 aliphatic heterocycles. The first-order valence-electron chi connectivity index (χ1n) is 9.02. The van der Waals surface area contributed by atoms with Crippen LogP contribution in [0.25, 0.3) is 16.7 Å². The molecular formula is C20H18Cl2N4O2S. The number of hydrogen-bond acceptors (Lipinski definition) is 5. The van der Waals surface area contributed by atoms with E-state index < -0.39 is 0 Å². The lowest BCUT2D eigenvalue weighted by molar-refractivity contribution is 0.190. The topological polar surface area (TPSA) is 61.4 Å². The molecule has 0 bridgehead atoms. The normalized spacial score (nSPS) is 11.6. The fourth-order valence-electron chi connectivity index (χ4n) is 3.18. The number of para-hydroxylation sites is 1. The minimum atomic E-state index is -0.0751. The highest BCUT2D eigenvalue weighted by Gasteiger charge is 2.17. The number of nitrogens with zero attached hydrogens (tertiary/aromatic N) is 4. The standard InChI is InChI=1S/C20H18Cl2N4O2S/c1-28-10-4-9-25-18(27)15-5-2-3-6-17(15)26-19(25)23-24-20(26)29-12-13-7-8-14(21)11-16(13)22/h2-3,5-8,11H,4,9-10,12H2,1H3. The molecule has 2 aromatic carbocycles. The molecule has 0 spiro atoms. The zero-order valence-electron chi connectivity index (χ0n) is 15.6. The van der Waals surface area contributed by atoms with Crippen molar-refractivity contribution in [3.63, 3.8) is 0 Å². The SMILES string of the molecule is COCCCn1c(=O)c2ccccc2n2c(SCc3ccc(Cl)cc3Cl)nnc12. The van der Waals surface area contributed by atoms with E-state index in [0.29, 0.717) is 51.7 Å². The number of hydrogen-bond donors (Lipinski definition) is 0. The summed E-state index contributed by atoms with van der Waals surface area (Å²) >= 11 is 13.8. The number of ether oxygens (including phenoxy) is 1. The second-order valence-corrected chi connectivity index (χ2v) is 8.25. The van der Waals surface area contributed by atoms with Crippen LogP contribution in [0.15, 0.2) is 52.4 Å². The van der Waals surface area contributed by atoms with Gasteiger partial charge in [-0.25, -0.2) is 0 Å². The number of aromatic nitrogens is 4. The summed E-state index contributed by atoms with van der Waals surface area (Å²) in [4.78, 5) is 13.0. The molecule has 0 saturated heterocycles. The Kier molecular flexibility index (Phi) is 6.10. The Labute approximate surface area is 181 Å². The largest absolute Gasteiger partial charge is 0.385 e. The summed E-state index contributed by atoms with van der Waals surface area (Å²) in [7, 11) is 1.65. The van der Waals surface area contributed by atoms with E-state index in [1.807, 2.05) is 40.8 Å². The smallest absolute Gasteiger partial charge is 0.262 e. The summed E-state index contributed by atoms with van der Waals surface area (Å²) in [6.07, 6.45) is 0.708. The van der Waals surface area contributed by atoms with Gasteiger partial charge >= 0.3 is 0 Å². The molecule has 2 aromatic heterocycles. The molecule has 6 nitrogen and oxygen atoms in total. The predicted molar refractivity (Wildman–Crippen MR) is 117 cm³/mol. The van der Waals surface area contributed by atoms with Gasteiger partial charge in [-0.05, 0) is 36.2 Å². The van der Waals surface area contributed by atoms with Gasteiger partial charge in [0.15, 0.2) is 5.16 Å². The van der Waals surface area contributed by atoms with Gasteiger partial charge < -0.3 is 4.74 Å². The Hall–Kier alpha value is -2.06. The van der Waals surface area contributed by atoms with Crippen LogP contribution >= 0.6 is 35.0 Å². The first-order valence-corrected chi connectivity index (χ1v) is 10.8. The van der Waals surface area contributed by atoms with Gasteiger partial charge in [-0.3, -0.25) is 13.8 Å². The van der Waals surface area contributed by atoms with E-state index in [1.54, 1.807) is 17.7 Å². The molecule has 0 radical (unpaired) electrons. The van der Waals surface area contributed by atoms with Crippen molar-refractivity contribution in [3.8, 4) is 0 Å². The second kappa shape index (κ2) is 8.75. The molecular weight excluding hydrogens is 431 g/mol. The maximum atomic E-state index is 13.0. The van der Waals surface area contributed by atoms with Crippen LogP contribution in [0, 0.1) is 0 Å². The third-order valence-corrected chi connectivity index (χ3v) is 6.14. The molecule has 29 heavy (non-hydrogen) atoms. The quantitative estimate of drug-likeness (QED) is 0.303. The fraction of sp³-hybridized carbons (Fsp3) is 0.250. The van der Waals surface area contributed by atoms with Crippen molar-refractivity contribution < 1.29 is 4.74 Å². The average molecular weight is 449 g/mol. The summed E-state index contributed by atoms with van der Waals surface area (Å²) in [5, 5.41) is 11.2. The molecule has 4 aromatic rings. The van der Waals surface area contributed by atoms with Crippen molar-refractivity contribution in [2.45, 2.75) is 23.9 Å². The lowest BCUT2D eigenvalue weighted by Crippen LogP contribution is -2.24. The molecule has 0 atom stereocenters. The van der Waals surface area contributed by atoms with Gasteiger partial charge in [0, 0.05) is 36.1 Å². The van der Waals surface area contributed by atoms with Crippen LogP contribution in [0.5, 0.6) is 0 Å². The molecule has 0 aliphatic rings. The minimum Gasteiger partial charge on any atom is -0.385 e. The minimum absolute atomic E-state index is 0.0751. The lowest BCUT2D eigenvalue weighted by atomic mass is 10.2. The van der Waals surface area contributed by atoms with Crippen LogP contribution in [-0.2, 0) is 17.0 Å². The van der Waals surface area contributed by atoms with Crippen molar-refractivity contribution in [2.75, 3.05) is 13.7 Å². The maximum absolute atomic E-state index is 13.0. The van der Waals surface area contributed by atoms with E-state index in [0.717, 1.165) is 11.1 Å². The van der Waals surface area contributed by atoms with Crippen LogP contribution in [0.2, 0.25) is 10.0 Å². The van der Waals surface area contributed by atoms with Gasteiger partial charge in [-0.1, -0.05) is 53.2 Å². The highest BCUT2D eigenvalue weighted by atomic mass is 35.5. The zero-order chi connectivity index (χ0) is 20.4. The fourth-order valence-corrected chi connectivity index (χ4v) is 4.68. The van der Waals surface area contributed by atoms with E-state index in [2.05, 4.69) is 10.2 Å². The summed E-state index contributed by atoms with van der Waals surface area (Å²) < 4.78 is 8.72. The first-order chi connectivity index (χ1) is 14.1. The molecule has 0 fully saturated rings. The zero-order valence-corrected chi connectivity index (χ0v) is 18.0. The highest BCUT2D eigenvalue weighted by molar-refractivity contribution is 7.98. The van der Waals surface area contributed by atoms with Crippen molar-refractivity contribution in [1.29, 1.82) is 0 Å². The molecule has 150 valence electrons. The Morgan fingerprint density at radius 2 is 1.97 bits per heavy atom. The van der Waals surface area contributed by atoms with Gasteiger partial charge in [-0.2, -0.15) is 0 Å². The number of aryl methyl sites for hydroxylation is 1. The number of fused-ring (bicyclic) bond motifs is 3. The summed E-state index contributed by atoms with van der Waals surface area (Å²) in [6.45, 7) is 1.07. The number of benzene rings is 2. The van der Waals surface area contributed by atoms with Gasteiger partial charge in [0.1, 0.15) is 0 Å². The van der Waals surface area contributed by atoms with Crippen molar-refractivity contribution in [1.82, 2.24) is 19.2 Å². The third kappa shape index (κ3) is 4.00. The maximum Gasteiger partial charge on any atom is 0.262 e. The van der Waals surface area contributed by atoms with E-state index >= 15 is 0 Å². The molecule has 0 unspecified atom stereocenters. The molecule has 0 N–H and O–H groups in total. The first kappa shape index (κ1) is 20.2. The Morgan fingerprint density at radius 1 is 1.14 bits per heavy atom. The molecule has 0 amide bonds. The van der Waals surface area contributed by atoms with Gasteiger partial charge in [0.25, 0.3) is 5.56 Å². The third-order valence-electron chi connectivity index (χ3n) is 4.58. The summed E-state index contributed by atoms with van der Waals surface area (Å²) in [6, 6.07) is 12.9. The summed E-state index contributed by atoms with van der Waals surface area (Å²) in [5.74, 6) is 1.13. The summed E-state index contributed by atoms with van der Waals surface area (Å²) in [5.41, 5.74) is 1.66. The Morgan fingerprint density at radius 3 is 2.76 bits per heavy atom. The molecule has 9 heteroatoms. The van der Waals surface area contributed by atoms with Crippen LogP contribution in [0.3, 0.4) is 0 Å². The van der Waals surface area contributed by atoms with Gasteiger partial charge in [-0.15, -0.1) is 10.2 Å². The monoisotopic (exact) mass is 448 g/mol. The van der Waals surface area contributed by atoms with Gasteiger partial charge in [0.2, 0.25) is 5.78 Å². The van der Waals surface area contributed by atoms with E-state index in [1.165, 1.54) is 11.8 Å². The number of thioether (sulfide) groups is 1. The van der Waals surface area contributed by atoms with Crippen LogP contribution in [-0.4, -0.2) is 32.9 Å². The molecule has 0 saturated carbocycles. The lowest BCUT2D eigenvalue weighted by Gasteiger charge is -2.11. The molecule has 2 heterocycles. The number of halogens is 2. The Bertz CT molecular complexity index is 1240. The average Bonchev–Trinajstić information content (AvgIpc) is 3.14. The molecule has 4 rings (SSSR count). The van der Waals surface area contributed by atoms with Crippen LogP contribution in [0.1, 0.15) is 12.0 Å². The Balaban J connectivity index is 1.78. The molecule has 0 aliphatic carbocycles. The number of rotatable bonds is 7. The second-order valence-electron chi connectivity index (χ2n) is 6.46. The van der Waals surface area contributed by atoms with E-state index in [9.17, 15) is 4.79 Å².